The van der Waals surface area contributed by atoms with Crippen molar-refractivity contribution in [1.82, 2.24) is 4.98 Å². The van der Waals surface area contributed by atoms with Gasteiger partial charge in [-0.25, -0.2) is 0 Å². The van der Waals surface area contributed by atoms with Crippen LogP contribution in [0.25, 0.3) is 11.1 Å². The van der Waals surface area contributed by atoms with Crippen LogP contribution in [-0.4, -0.2) is 17.0 Å². The number of rotatable bonds is 6. The molecule has 2 aromatic carbocycles. The average molecular weight is 417 g/mol. The number of aromatic nitrogens is 1. The standard InChI is InChI=1S/C21H15N5O5/c1-30-18-8-13(19-15(9-22)20(24)25-21(27)16(19)10-23)4-7-17(18)31-11-12-2-5-14(6-3-12)26(28)29/h2-8H,11H2,1H3,(H3,24,25,27). The summed E-state index contributed by atoms with van der Waals surface area (Å²) in [6, 6.07) is 14.3. The monoisotopic (exact) mass is 417 g/mol. The van der Waals surface area contributed by atoms with Crippen LogP contribution in [0.3, 0.4) is 0 Å². The van der Waals surface area contributed by atoms with E-state index in [2.05, 4.69) is 4.98 Å². The lowest BCUT2D eigenvalue weighted by Crippen LogP contribution is -2.16. The first kappa shape index (κ1) is 20.9. The third-order valence-corrected chi connectivity index (χ3v) is 4.46. The number of nitrogen functional groups attached to an aromatic ring is 1. The van der Waals surface area contributed by atoms with Crippen LogP contribution in [0, 0.1) is 32.8 Å². The highest BCUT2D eigenvalue weighted by Gasteiger charge is 2.19. The maximum atomic E-state index is 12.1. The van der Waals surface area contributed by atoms with Crippen LogP contribution < -0.4 is 20.8 Å². The third-order valence-electron chi connectivity index (χ3n) is 4.46. The highest BCUT2D eigenvalue weighted by Crippen LogP contribution is 2.36. The van der Waals surface area contributed by atoms with E-state index in [1.807, 2.05) is 6.07 Å². The van der Waals surface area contributed by atoms with E-state index in [1.165, 1.54) is 25.3 Å². The first-order valence-corrected chi connectivity index (χ1v) is 8.80. The Morgan fingerprint density at radius 3 is 2.35 bits per heavy atom. The fourth-order valence-corrected chi connectivity index (χ4v) is 2.95. The van der Waals surface area contributed by atoms with E-state index in [0.29, 0.717) is 22.6 Å². The number of aromatic amines is 1. The largest absolute Gasteiger partial charge is 0.493 e. The molecule has 10 nitrogen and oxygen atoms in total. The van der Waals surface area contributed by atoms with Gasteiger partial charge in [-0.05, 0) is 35.4 Å². The van der Waals surface area contributed by atoms with Crippen LogP contribution in [0.2, 0.25) is 0 Å². The van der Waals surface area contributed by atoms with Gasteiger partial charge in [0.05, 0.1) is 12.0 Å². The Morgan fingerprint density at radius 1 is 1.10 bits per heavy atom. The normalized spacial score (nSPS) is 10.0. The molecule has 0 atom stereocenters. The van der Waals surface area contributed by atoms with Gasteiger partial charge in [0.2, 0.25) is 0 Å². The minimum atomic E-state index is -0.702. The summed E-state index contributed by atoms with van der Waals surface area (Å²) in [7, 11) is 1.42. The number of anilines is 1. The number of nitriles is 2. The molecule has 0 amide bonds. The Balaban J connectivity index is 1.96. The summed E-state index contributed by atoms with van der Waals surface area (Å²) in [5.74, 6) is 0.518. The summed E-state index contributed by atoms with van der Waals surface area (Å²) in [6.07, 6.45) is 0. The highest BCUT2D eigenvalue weighted by molar-refractivity contribution is 5.81. The molecule has 0 saturated heterocycles. The van der Waals surface area contributed by atoms with Crippen LogP contribution in [0.4, 0.5) is 11.5 Å². The Hall–Kier alpha value is -4.83. The van der Waals surface area contributed by atoms with Crippen LogP contribution in [0.1, 0.15) is 16.7 Å². The smallest absolute Gasteiger partial charge is 0.269 e. The molecule has 0 unspecified atom stereocenters. The van der Waals surface area contributed by atoms with Crippen molar-refractivity contribution in [2.75, 3.05) is 12.8 Å². The Morgan fingerprint density at radius 2 is 1.77 bits per heavy atom. The van der Waals surface area contributed by atoms with Crippen molar-refractivity contribution in [3.05, 3.63) is 79.6 Å². The number of H-pyrrole nitrogens is 1. The quantitative estimate of drug-likeness (QED) is 0.456. The highest BCUT2D eigenvalue weighted by atomic mass is 16.6. The Bertz CT molecular complexity index is 1300. The molecule has 3 rings (SSSR count). The number of pyridine rings is 1. The first-order chi connectivity index (χ1) is 14.9. The lowest BCUT2D eigenvalue weighted by Gasteiger charge is -2.14. The maximum absolute atomic E-state index is 12.1. The fourth-order valence-electron chi connectivity index (χ4n) is 2.95. The molecule has 0 aliphatic heterocycles. The number of hydrogen-bond donors (Lipinski definition) is 2. The van der Waals surface area contributed by atoms with Crippen LogP contribution >= 0.6 is 0 Å². The van der Waals surface area contributed by atoms with E-state index < -0.39 is 10.5 Å². The lowest BCUT2D eigenvalue weighted by molar-refractivity contribution is -0.384. The average Bonchev–Trinajstić information content (AvgIpc) is 2.77. The summed E-state index contributed by atoms with van der Waals surface area (Å²) in [6.45, 7) is 0.124. The fraction of sp³-hybridized carbons (Fsp3) is 0.0952. The number of hydrogen-bond acceptors (Lipinski definition) is 8. The van der Waals surface area contributed by atoms with Gasteiger partial charge in [-0.1, -0.05) is 6.07 Å². The summed E-state index contributed by atoms with van der Waals surface area (Å²) in [5, 5.41) is 29.6. The van der Waals surface area contributed by atoms with Crippen molar-refractivity contribution in [3.63, 3.8) is 0 Å². The summed E-state index contributed by atoms with van der Waals surface area (Å²) >= 11 is 0. The van der Waals surface area contributed by atoms with Gasteiger partial charge < -0.3 is 20.2 Å². The second-order valence-electron chi connectivity index (χ2n) is 6.29. The van der Waals surface area contributed by atoms with Gasteiger partial charge in [0.15, 0.2) is 11.5 Å². The van der Waals surface area contributed by atoms with E-state index >= 15 is 0 Å². The van der Waals surface area contributed by atoms with Crippen LogP contribution in [0.5, 0.6) is 11.5 Å². The zero-order valence-corrected chi connectivity index (χ0v) is 16.2. The summed E-state index contributed by atoms with van der Waals surface area (Å²) in [5.41, 5.74) is 5.94. The minimum absolute atomic E-state index is 0.0237. The molecule has 10 heteroatoms. The minimum Gasteiger partial charge on any atom is -0.493 e. The molecular formula is C21H15N5O5. The molecule has 0 saturated carbocycles. The van der Waals surface area contributed by atoms with Gasteiger partial charge in [-0.2, -0.15) is 10.5 Å². The number of nitrogens with zero attached hydrogens (tertiary/aromatic N) is 3. The van der Waals surface area contributed by atoms with E-state index in [0.717, 1.165) is 0 Å². The predicted octanol–water partition coefficient (Wildman–Crippen LogP) is 2.86. The van der Waals surface area contributed by atoms with Crippen molar-refractivity contribution in [3.8, 4) is 34.8 Å². The third kappa shape index (κ3) is 4.13. The first-order valence-electron chi connectivity index (χ1n) is 8.80. The number of nitro groups is 1. The van der Waals surface area contributed by atoms with Crippen LogP contribution in [-0.2, 0) is 6.61 Å². The summed E-state index contributed by atoms with van der Waals surface area (Å²) in [4.78, 5) is 24.7. The number of nitrogens with two attached hydrogens (primary N) is 1. The molecule has 0 aliphatic rings. The van der Waals surface area contributed by atoms with E-state index in [1.54, 1.807) is 30.3 Å². The van der Waals surface area contributed by atoms with Crippen molar-refractivity contribution >= 4 is 11.5 Å². The van der Waals surface area contributed by atoms with Crippen LogP contribution in [0.15, 0.2) is 47.3 Å². The van der Waals surface area contributed by atoms with E-state index in [9.17, 15) is 25.4 Å². The van der Waals surface area contributed by atoms with Crippen molar-refractivity contribution in [2.45, 2.75) is 6.61 Å². The van der Waals surface area contributed by atoms with Gasteiger partial charge >= 0.3 is 0 Å². The topological polar surface area (TPSA) is 168 Å². The van der Waals surface area contributed by atoms with Gasteiger partial charge in [-0.3, -0.25) is 14.9 Å². The number of nitrogens with one attached hydrogen (secondary N) is 1. The van der Waals surface area contributed by atoms with E-state index in [4.69, 9.17) is 15.2 Å². The molecule has 31 heavy (non-hydrogen) atoms. The van der Waals surface area contributed by atoms with Crippen molar-refractivity contribution < 1.29 is 14.4 Å². The zero-order valence-electron chi connectivity index (χ0n) is 16.2. The van der Waals surface area contributed by atoms with E-state index in [-0.39, 0.29) is 34.8 Å². The molecule has 1 heterocycles. The molecule has 0 fully saturated rings. The second kappa shape index (κ2) is 8.68. The molecule has 0 spiro atoms. The van der Waals surface area contributed by atoms with Gasteiger partial charge in [0.1, 0.15) is 35.7 Å². The lowest BCUT2D eigenvalue weighted by atomic mass is 9.96. The molecule has 154 valence electrons. The molecule has 0 radical (unpaired) electrons. The number of nitro benzene ring substituents is 1. The van der Waals surface area contributed by atoms with Gasteiger partial charge in [0.25, 0.3) is 11.2 Å². The van der Waals surface area contributed by atoms with Crippen molar-refractivity contribution in [1.29, 1.82) is 10.5 Å². The van der Waals surface area contributed by atoms with Gasteiger partial charge in [-0.15, -0.1) is 0 Å². The predicted molar refractivity (Wildman–Crippen MR) is 110 cm³/mol. The number of benzene rings is 2. The Labute approximate surface area is 175 Å². The summed E-state index contributed by atoms with van der Waals surface area (Å²) < 4.78 is 11.1. The molecule has 1 aromatic heterocycles. The SMILES string of the molecule is COc1cc(-c2c(C#N)c(N)[nH]c(=O)c2C#N)ccc1OCc1ccc([N+](=O)[O-])cc1. The number of non-ortho nitro benzene ring substituents is 1. The zero-order chi connectivity index (χ0) is 22.5. The second-order valence-corrected chi connectivity index (χ2v) is 6.29. The van der Waals surface area contributed by atoms with Crippen molar-refractivity contribution in [2.24, 2.45) is 0 Å². The molecule has 0 aliphatic carbocycles. The molecule has 3 N–H and O–H groups in total. The Kier molecular flexibility index (Phi) is 5.85. The van der Waals surface area contributed by atoms with Gasteiger partial charge in [0, 0.05) is 17.7 Å². The molecule has 0 bridgehead atoms. The number of ether oxygens (including phenoxy) is 2. The maximum Gasteiger partial charge on any atom is 0.269 e. The molecular weight excluding hydrogens is 402 g/mol. The molecule has 3 aromatic rings. The number of methoxy groups -OCH3 is 1.